The molecule has 2 aromatic rings. The Labute approximate surface area is 158 Å². The van der Waals surface area contributed by atoms with E-state index in [9.17, 15) is 14.4 Å². The van der Waals surface area contributed by atoms with Crippen LogP contribution in [-0.2, 0) is 20.9 Å². The number of anilines is 2. The number of hydrogen-bond donors (Lipinski definition) is 3. The van der Waals surface area contributed by atoms with Crippen LogP contribution in [0.1, 0.15) is 25.0 Å². The molecule has 1 unspecified atom stereocenters. The molecular formula is C21H23N3O3. The van der Waals surface area contributed by atoms with E-state index < -0.39 is 23.1 Å². The van der Waals surface area contributed by atoms with E-state index in [4.69, 9.17) is 0 Å². The van der Waals surface area contributed by atoms with E-state index in [0.29, 0.717) is 17.9 Å². The molecule has 3 rings (SSSR count). The maximum atomic E-state index is 12.8. The second kappa shape index (κ2) is 7.23. The quantitative estimate of drug-likeness (QED) is 0.728. The fourth-order valence-electron chi connectivity index (χ4n) is 3.19. The number of carbonyl (C=O) groups excluding carboxylic acids is 3. The first kappa shape index (κ1) is 18.6. The average molecular weight is 365 g/mol. The highest BCUT2D eigenvalue weighted by molar-refractivity contribution is 6.18. The minimum Gasteiger partial charge on any atom is -0.352 e. The van der Waals surface area contributed by atoms with E-state index in [1.807, 2.05) is 43.3 Å². The average Bonchev–Trinajstić information content (AvgIpc) is 2.74. The van der Waals surface area contributed by atoms with Gasteiger partial charge < -0.3 is 16.0 Å². The van der Waals surface area contributed by atoms with E-state index in [-0.39, 0.29) is 5.91 Å². The molecule has 0 aliphatic carbocycles. The molecular weight excluding hydrogens is 342 g/mol. The van der Waals surface area contributed by atoms with Crippen molar-refractivity contribution in [1.82, 2.24) is 5.32 Å². The molecule has 0 fully saturated rings. The zero-order valence-electron chi connectivity index (χ0n) is 15.6. The fraction of sp³-hybridized carbons (Fsp3) is 0.286. The first-order chi connectivity index (χ1) is 12.8. The third-order valence-corrected chi connectivity index (χ3v) is 4.82. The van der Waals surface area contributed by atoms with E-state index in [1.54, 1.807) is 26.0 Å². The van der Waals surface area contributed by atoms with Gasteiger partial charge in [-0.25, -0.2) is 0 Å². The van der Waals surface area contributed by atoms with Gasteiger partial charge in [0.25, 0.3) is 0 Å². The number of nitrogens with one attached hydrogen (secondary N) is 3. The predicted octanol–water partition coefficient (Wildman–Crippen LogP) is 2.84. The molecule has 2 aromatic carbocycles. The van der Waals surface area contributed by atoms with Crippen molar-refractivity contribution in [3.63, 3.8) is 0 Å². The van der Waals surface area contributed by atoms with Crippen LogP contribution in [0.5, 0.6) is 0 Å². The van der Waals surface area contributed by atoms with Crippen LogP contribution in [0.25, 0.3) is 0 Å². The zero-order chi connectivity index (χ0) is 19.6. The predicted molar refractivity (Wildman–Crippen MR) is 104 cm³/mol. The fourth-order valence-corrected chi connectivity index (χ4v) is 3.19. The number of amides is 3. The van der Waals surface area contributed by atoms with E-state index >= 15 is 0 Å². The standard InChI is InChI=1S/C21H23N3O3/c1-13-9-10-15-16(11-13)24-19(26)17(18(25)23-15)21(2,3)20(27)22-12-14-7-5-4-6-8-14/h4-11,17H,12H2,1-3H3,(H,22,27)(H,23,25)(H,24,26). The van der Waals surface area contributed by atoms with Crippen LogP contribution >= 0.6 is 0 Å². The van der Waals surface area contributed by atoms with Gasteiger partial charge in [0, 0.05) is 6.54 Å². The molecule has 1 atom stereocenters. The van der Waals surface area contributed by atoms with Gasteiger partial charge in [0.15, 0.2) is 0 Å². The van der Waals surface area contributed by atoms with Gasteiger partial charge in [0.05, 0.1) is 16.8 Å². The molecule has 1 heterocycles. The second-order valence-electron chi connectivity index (χ2n) is 7.35. The largest absolute Gasteiger partial charge is 0.352 e. The highest BCUT2D eigenvalue weighted by atomic mass is 16.2. The van der Waals surface area contributed by atoms with Crippen LogP contribution in [-0.4, -0.2) is 17.7 Å². The molecule has 6 heteroatoms. The summed E-state index contributed by atoms with van der Waals surface area (Å²) in [6.45, 7) is 5.45. The Bertz CT molecular complexity index is 891. The molecule has 0 aromatic heterocycles. The van der Waals surface area contributed by atoms with E-state index in [0.717, 1.165) is 11.1 Å². The number of benzene rings is 2. The van der Waals surface area contributed by atoms with Gasteiger partial charge in [-0.2, -0.15) is 0 Å². The maximum absolute atomic E-state index is 12.8. The Morgan fingerprint density at radius 1 is 1.00 bits per heavy atom. The molecule has 1 aliphatic heterocycles. The SMILES string of the molecule is Cc1ccc2c(c1)NC(=O)C(C(C)(C)C(=O)NCc1ccccc1)C(=O)N2. The van der Waals surface area contributed by atoms with Gasteiger partial charge in [0.2, 0.25) is 17.7 Å². The Balaban J connectivity index is 1.79. The summed E-state index contributed by atoms with van der Waals surface area (Å²) in [6, 6.07) is 14.9. The first-order valence-corrected chi connectivity index (χ1v) is 8.83. The van der Waals surface area contributed by atoms with Crippen molar-refractivity contribution in [1.29, 1.82) is 0 Å². The lowest BCUT2D eigenvalue weighted by Crippen LogP contribution is -2.50. The molecule has 0 saturated heterocycles. The van der Waals surface area contributed by atoms with Crippen molar-refractivity contribution in [3.05, 3.63) is 59.7 Å². The van der Waals surface area contributed by atoms with E-state index in [2.05, 4.69) is 16.0 Å². The summed E-state index contributed by atoms with van der Waals surface area (Å²) in [7, 11) is 0. The van der Waals surface area contributed by atoms with Crippen LogP contribution in [0.3, 0.4) is 0 Å². The summed E-state index contributed by atoms with van der Waals surface area (Å²) in [5.74, 6) is -2.49. The van der Waals surface area contributed by atoms with Crippen LogP contribution in [0.4, 0.5) is 11.4 Å². The van der Waals surface area contributed by atoms with Crippen molar-refractivity contribution in [2.45, 2.75) is 27.3 Å². The van der Waals surface area contributed by atoms with Crippen LogP contribution < -0.4 is 16.0 Å². The summed E-state index contributed by atoms with van der Waals surface area (Å²) < 4.78 is 0. The number of aryl methyl sites for hydroxylation is 1. The molecule has 6 nitrogen and oxygen atoms in total. The van der Waals surface area contributed by atoms with Crippen LogP contribution in [0.2, 0.25) is 0 Å². The number of fused-ring (bicyclic) bond motifs is 1. The molecule has 3 N–H and O–H groups in total. The lowest BCUT2D eigenvalue weighted by atomic mass is 9.76. The third-order valence-electron chi connectivity index (χ3n) is 4.82. The third kappa shape index (κ3) is 3.84. The molecule has 0 spiro atoms. The van der Waals surface area contributed by atoms with E-state index in [1.165, 1.54) is 0 Å². The highest BCUT2D eigenvalue weighted by Crippen LogP contribution is 2.34. The summed E-state index contributed by atoms with van der Waals surface area (Å²) in [5.41, 5.74) is 1.75. The van der Waals surface area contributed by atoms with Crippen LogP contribution in [0.15, 0.2) is 48.5 Å². The van der Waals surface area contributed by atoms with Crippen molar-refractivity contribution >= 4 is 29.1 Å². The topological polar surface area (TPSA) is 87.3 Å². The smallest absolute Gasteiger partial charge is 0.238 e. The molecule has 1 aliphatic rings. The molecule has 27 heavy (non-hydrogen) atoms. The second-order valence-corrected chi connectivity index (χ2v) is 7.35. The Kier molecular flexibility index (Phi) is 4.99. The van der Waals surface area contributed by atoms with Gasteiger partial charge in [-0.05, 0) is 44.0 Å². The lowest BCUT2D eigenvalue weighted by Gasteiger charge is -2.29. The zero-order valence-corrected chi connectivity index (χ0v) is 15.6. The number of carbonyl (C=O) groups is 3. The van der Waals surface area contributed by atoms with Crippen LogP contribution in [0, 0.1) is 18.3 Å². The van der Waals surface area contributed by atoms with Gasteiger partial charge in [-0.15, -0.1) is 0 Å². The number of rotatable bonds is 4. The molecule has 3 amide bonds. The summed E-state index contributed by atoms with van der Waals surface area (Å²) >= 11 is 0. The summed E-state index contributed by atoms with van der Waals surface area (Å²) in [6.07, 6.45) is 0. The van der Waals surface area contributed by atoms with Crippen molar-refractivity contribution < 1.29 is 14.4 Å². The maximum Gasteiger partial charge on any atom is 0.238 e. The first-order valence-electron chi connectivity index (χ1n) is 8.83. The molecule has 140 valence electrons. The molecule has 0 saturated carbocycles. The Hall–Kier alpha value is -3.15. The van der Waals surface area contributed by atoms with Crippen molar-refractivity contribution in [3.8, 4) is 0 Å². The minimum absolute atomic E-state index is 0.332. The Morgan fingerprint density at radius 2 is 1.63 bits per heavy atom. The summed E-state index contributed by atoms with van der Waals surface area (Å²) in [4.78, 5) is 38.3. The van der Waals surface area contributed by atoms with Crippen molar-refractivity contribution in [2.75, 3.05) is 10.6 Å². The van der Waals surface area contributed by atoms with Gasteiger partial charge >= 0.3 is 0 Å². The number of hydrogen-bond acceptors (Lipinski definition) is 3. The normalized spacial score (nSPS) is 16.6. The van der Waals surface area contributed by atoms with Gasteiger partial charge in [0.1, 0.15) is 5.92 Å². The monoisotopic (exact) mass is 365 g/mol. The molecule has 0 radical (unpaired) electrons. The Morgan fingerprint density at radius 3 is 2.30 bits per heavy atom. The lowest BCUT2D eigenvalue weighted by molar-refractivity contribution is -0.144. The summed E-state index contributed by atoms with van der Waals surface area (Å²) in [5, 5.41) is 8.37. The van der Waals surface area contributed by atoms with Gasteiger partial charge in [-0.1, -0.05) is 36.4 Å². The van der Waals surface area contributed by atoms with Crippen molar-refractivity contribution in [2.24, 2.45) is 11.3 Å². The minimum atomic E-state index is -1.22. The molecule has 0 bridgehead atoms. The van der Waals surface area contributed by atoms with Gasteiger partial charge in [-0.3, -0.25) is 14.4 Å². The highest BCUT2D eigenvalue weighted by Gasteiger charge is 2.47.